The Bertz CT molecular complexity index is 1110. The van der Waals surface area contributed by atoms with Crippen molar-refractivity contribution in [3.8, 4) is 28.9 Å². The lowest BCUT2D eigenvalue weighted by atomic mass is 9.93. The van der Waals surface area contributed by atoms with Crippen molar-refractivity contribution in [2.75, 3.05) is 4.90 Å². The number of phenols is 2. The average Bonchev–Trinajstić information content (AvgIpc) is 3.16. The van der Waals surface area contributed by atoms with Gasteiger partial charge in [0, 0.05) is 23.4 Å². The summed E-state index contributed by atoms with van der Waals surface area (Å²) in [6.45, 7) is 1.96. The van der Waals surface area contributed by atoms with E-state index >= 15 is 0 Å². The Morgan fingerprint density at radius 1 is 1.21 bits per heavy atom. The van der Waals surface area contributed by atoms with Crippen LogP contribution in [-0.4, -0.2) is 22.2 Å². The molecule has 2 N–H and O–H groups in total. The molecule has 1 amide bonds. The molecule has 1 atom stereocenters. The van der Waals surface area contributed by atoms with Crippen LogP contribution in [0.1, 0.15) is 34.8 Å². The summed E-state index contributed by atoms with van der Waals surface area (Å²) in [6.07, 6.45) is 3.04. The maximum absolute atomic E-state index is 13.1. The van der Waals surface area contributed by atoms with Crippen LogP contribution < -0.4 is 4.90 Å². The predicted molar refractivity (Wildman–Crippen MR) is 103 cm³/mol. The first kappa shape index (κ1) is 17.7. The lowest BCUT2D eigenvalue weighted by Crippen LogP contribution is -2.42. The Morgan fingerprint density at radius 2 is 2.04 bits per heavy atom. The van der Waals surface area contributed by atoms with Gasteiger partial charge < -0.3 is 19.5 Å². The van der Waals surface area contributed by atoms with Gasteiger partial charge >= 0.3 is 0 Å². The van der Waals surface area contributed by atoms with Crippen molar-refractivity contribution in [1.82, 2.24) is 0 Å². The molecule has 0 saturated heterocycles. The zero-order chi connectivity index (χ0) is 19.8. The molecule has 140 valence electrons. The van der Waals surface area contributed by atoms with Gasteiger partial charge in [0.25, 0.3) is 5.91 Å². The van der Waals surface area contributed by atoms with Gasteiger partial charge in [0.2, 0.25) is 0 Å². The molecular formula is C22H18N2O4. The monoisotopic (exact) mass is 374 g/mol. The van der Waals surface area contributed by atoms with Gasteiger partial charge in [0.05, 0.1) is 17.4 Å². The molecular weight excluding hydrogens is 356 g/mol. The summed E-state index contributed by atoms with van der Waals surface area (Å²) >= 11 is 0. The molecule has 1 aromatic heterocycles. The molecule has 0 bridgehead atoms. The van der Waals surface area contributed by atoms with Crippen molar-refractivity contribution < 1.29 is 19.4 Å². The van der Waals surface area contributed by atoms with E-state index in [0.29, 0.717) is 11.3 Å². The van der Waals surface area contributed by atoms with Crippen LogP contribution in [0.2, 0.25) is 0 Å². The van der Waals surface area contributed by atoms with Crippen molar-refractivity contribution in [3.05, 3.63) is 65.4 Å². The molecule has 0 fully saturated rings. The number of rotatable bonds is 2. The minimum absolute atomic E-state index is 0.0441. The average molecular weight is 374 g/mol. The molecule has 6 nitrogen and oxygen atoms in total. The smallest absolute Gasteiger partial charge is 0.262 e. The van der Waals surface area contributed by atoms with E-state index in [1.54, 1.807) is 11.0 Å². The molecule has 2 aromatic carbocycles. The lowest BCUT2D eigenvalue weighted by molar-refractivity contribution is 0.0972. The summed E-state index contributed by atoms with van der Waals surface area (Å²) in [5, 5.41) is 28.8. The summed E-state index contributed by atoms with van der Waals surface area (Å²) in [6, 6.07) is 13.3. The first-order chi connectivity index (χ1) is 13.5. The first-order valence-electron chi connectivity index (χ1n) is 8.96. The van der Waals surface area contributed by atoms with Crippen LogP contribution in [0.5, 0.6) is 11.5 Å². The van der Waals surface area contributed by atoms with Gasteiger partial charge in [0.1, 0.15) is 17.6 Å². The Morgan fingerprint density at radius 3 is 2.79 bits per heavy atom. The van der Waals surface area contributed by atoms with E-state index in [-0.39, 0.29) is 29.0 Å². The number of anilines is 1. The van der Waals surface area contributed by atoms with E-state index in [9.17, 15) is 20.3 Å². The summed E-state index contributed by atoms with van der Waals surface area (Å²) in [4.78, 5) is 14.8. The number of hydrogen-bond acceptors (Lipinski definition) is 5. The normalized spacial score (nSPS) is 15.7. The zero-order valence-corrected chi connectivity index (χ0v) is 15.2. The van der Waals surface area contributed by atoms with E-state index in [2.05, 4.69) is 6.07 Å². The highest BCUT2D eigenvalue weighted by Crippen LogP contribution is 2.37. The number of furan rings is 1. The summed E-state index contributed by atoms with van der Waals surface area (Å²) in [5.41, 5.74) is 3.13. The number of benzene rings is 2. The van der Waals surface area contributed by atoms with E-state index in [0.717, 1.165) is 35.7 Å². The SMILES string of the molecule is CC1CCc2cc(-c3occc3C#N)ccc2N1C(=O)c1ccc(O)cc1O. The maximum atomic E-state index is 13.1. The highest BCUT2D eigenvalue weighted by Gasteiger charge is 2.30. The fraction of sp³-hybridized carbons (Fsp3) is 0.182. The summed E-state index contributed by atoms with van der Waals surface area (Å²) in [5.74, 6) is -0.167. The fourth-order valence-electron chi connectivity index (χ4n) is 3.65. The molecule has 0 saturated carbocycles. The van der Waals surface area contributed by atoms with Crippen LogP contribution in [0.4, 0.5) is 5.69 Å². The number of phenolic OH excluding ortho intramolecular Hbond substituents is 2. The Kier molecular flexibility index (Phi) is 4.28. The minimum atomic E-state index is -0.325. The van der Waals surface area contributed by atoms with Crippen molar-refractivity contribution in [1.29, 1.82) is 5.26 Å². The fourth-order valence-corrected chi connectivity index (χ4v) is 3.65. The van der Waals surface area contributed by atoms with Gasteiger partial charge in [-0.25, -0.2) is 0 Å². The quantitative estimate of drug-likeness (QED) is 0.700. The third-order valence-corrected chi connectivity index (χ3v) is 5.09. The van der Waals surface area contributed by atoms with Crippen LogP contribution in [0.25, 0.3) is 11.3 Å². The van der Waals surface area contributed by atoms with Gasteiger partial charge in [-0.15, -0.1) is 0 Å². The molecule has 0 radical (unpaired) electrons. The van der Waals surface area contributed by atoms with Crippen LogP contribution in [0.15, 0.2) is 53.1 Å². The first-order valence-corrected chi connectivity index (χ1v) is 8.96. The second-order valence-electron chi connectivity index (χ2n) is 6.88. The Labute approximate surface area is 161 Å². The van der Waals surface area contributed by atoms with Crippen LogP contribution in [0, 0.1) is 11.3 Å². The molecule has 0 spiro atoms. The zero-order valence-electron chi connectivity index (χ0n) is 15.2. The molecule has 6 heteroatoms. The standard InChI is InChI=1S/C22H18N2O4/c1-13-2-3-14-10-15(21-16(12-23)8-9-28-21)4-7-19(14)24(13)22(27)18-6-5-17(25)11-20(18)26/h4-11,13,25-26H,2-3H2,1H3. The number of aryl methyl sites for hydroxylation is 1. The largest absolute Gasteiger partial charge is 0.508 e. The minimum Gasteiger partial charge on any atom is -0.508 e. The molecule has 28 heavy (non-hydrogen) atoms. The van der Waals surface area contributed by atoms with Gasteiger partial charge in [-0.1, -0.05) is 0 Å². The van der Waals surface area contributed by atoms with Crippen molar-refractivity contribution in [2.45, 2.75) is 25.8 Å². The molecule has 0 aliphatic carbocycles. The molecule has 4 rings (SSSR count). The van der Waals surface area contributed by atoms with E-state index in [1.807, 2.05) is 25.1 Å². The molecule has 1 aliphatic rings. The third-order valence-electron chi connectivity index (χ3n) is 5.09. The second-order valence-corrected chi connectivity index (χ2v) is 6.88. The number of aromatic hydroxyl groups is 2. The number of nitriles is 1. The van der Waals surface area contributed by atoms with Gasteiger partial charge in [-0.05, 0) is 61.7 Å². The molecule has 1 aliphatic heterocycles. The van der Waals surface area contributed by atoms with Crippen molar-refractivity contribution in [3.63, 3.8) is 0 Å². The summed E-state index contributed by atoms with van der Waals surface area (Å²) in [7, 11) is 0. The molecule has 1 unspecified atom stereocenters. The van der Waals surface area contributed by atoms with Crippen LogP contribution >= 0.6 is 0 Å². The van der Waals surface area contributed by atoms with E-state index in [4.69, 9.17) is 4.42 Å². The van der Waals surface area contributed by atoms with E-state index < -0.39 is 0 Å². The number of carbonyl (C=O) groups is 1. The number of fused-ring (bicyclic) bond motifs is 1. The summed E-state index contributed by atoms with van der Waals surface area (Å²) < 4.78 is 5.46. The number of amides is 1. The lowest BCUT2D eigenvalue weighted by Gasteiger charge is -2.35. The topological polar surface area (TPSA) is 97.7 Å². The Hall–Kier alpha value is -3.72. The van der Waals surface area contributed by atoms with Gasteiger partial charge in [-0.2, -0.15) is 5.26 Å². The molecule has 2 heterocycles. The van der Waals surface area contributed by atoms with Crippen LogP contribution in [0.3, 0.4) is 0 Å². The van der Waals surface area contributed by atoms with E-state index in [1.165, 1.54) is 18.4 Å². The third kappa shape index (κ3) is 2.87. The molecule has 3 aromatic rings. The van der Waals surface area contributed by atoms with Gasteiger partial charge in [0.15, 0.2) is 5.76 Å². The van der Waals surface area contributed by atoms with Crippen LogP contribution in [-0.2, 0) is 6.42 Å². The van der Waals surface area contributed by atoms with Crippen molar-refractivity contribution >= 4 is 11.6 Å². The Balaban J connectivity index is 1.76. The second kappa shape index (κ2) is 6.78. The predicted octanol–water partition coefficient (Wildman–Crippen LogP) is 4.21. The number of hydrogen-bond donors (Lipinski definition) is 2. The highest BCUT2D eigenvalue weighted by molar-refractivity contribution is 6.09. The maximum Gasteiger partial charge on any atom is 0.262 e. The number of nitrogens with zero attached hydrogens (tertiary/aromatic N) is 2. The van der Waals surface area contributed by atoms with Crippen molar-refractivity contribution in [2.24, 2.45) is 0 Å². The van der Waals surface area contributed by atoms with Gasteiger partial charge in [-0.3, -0.25) is 4.79 Å². The highest BCUT2D eigenvalue weighted by atomic mass is 16.3. The number of carbonyl (C=O) groups excluding carboxylic acids is 1.